The first-order valence-corrected chi connectivity index (χ1v) is 7.46. The Balaban J connectivity index is 2.00. The van der Waals surface area contributed by atoms with Crippen LogP contribution in [0.5, 0.6) is 0 Å². The summed E-state index contributed by atoms with van der Waals surface area (Å²) in [7, 11) is 0. The lowest BCUT2D eigenvalue weighted by Crippen LogP contribution is -2.03. The topological polar surface area (TPSA) is 38.1 Å². The molecule has 2 aromatic carbocycles. The molecule has 0 radical (unpaired) electrons. The maximum atomic E-state index is 4.77. The fraction of sp³-hybridized carbons (Fsp3) is 0. The number of fused-ring (bicyclic) bond motifs is 2. The van der Waals surface area contributed by atoms with Gasteiger partial charge in [-0.3, -0.25) is 0 Å². The number of aromatic nitrogens is 2. The average molecular weight is 289 g/mol. The van der Waals surface area contributed by atoms with E-state index in [1.54, 1.807) is 24.2 Å². The van der Waals surface area contributed by atoms with Crippen LogP contribution in [0.4, 0.5) is 5.82 Å². The van der Waals surface area contributed by atoms with Gasteiger partial charge in [0.25, 0.3) is 0 Å². The molecular formula is C17H11N3S. The lowest BCUT2D eigenvalue weighted by Gasteiger charge is -2.08. The van der Waals surface area contributed by atoms with Gasteiger partial charge in [0, 0.05) is 28.4 Å². The molecule has 0 fully saturated rings. The van der Waals surface area contributed by atoms with E-state index in [-0.39, 0.29) is 0 Å². The Labute approximate surface area is 126 Å². The van der Waals surface area contributed by atoms with E-state index in [2.05, 4.69) is 34.2 Å². The van der Waals surface area contributed by atoms with Gasteiger partial charge in [-0.2, -0.15) is 0 Å². The second-order valence-electron chi connectivity index (χ2n) is 4.61. The summed E-state index contributed by atoms with van der Waals surface area (Å²) < 4.78 is 0. The minimum atomic E-state index is 0.678. The van der Waals surface area contributed by atoms with E-state index in [0.717, 1.165) is 26.8 Å². The SMILES string of the molecule is c1ccc(C2=Nc3nccnc3Sc3ccccc32)cc1. The van der Waals surface area contributed by atoms with Crippen molar-refractivity contribution in [2.45, 2.75) is 9.92 Å². The molecule has 2 heterocycles. The van der Waals surface area contributed by atoms with Gasteiger partial charge in [-0.25, -0.2) is 15.0 Å². The largest absolute Gasteiger partial charge is 0.244 e. The lowest BCUT2D eigenvalue weighted by molar-refractivity contribution is 1.05. The first-order valence-electron chi connectivity index (χ1n) is 6.64. The highest BCUT2D eigenvalue weighted by Gasteiger charge is 2.19. The van der Waals surface area contributed by atoms with Crippen LogP contribution in [0.25, 0.3) is 0 Å². The molecule has 0 amide bonds. The summed E-state index contributed by atoms with van der Waals surface area (Å²) in [5, 5.41) is 0.843. The molecule has 0 saturated heterocycles. The van der Waals surface area contributed by atoms with Crippen LogP contribution in [-0.4, -0.2) is 15.7 Å². The molecule has 3 aromatic rings. The number of hydrogen-bond acceptors (Lipinski definition) is 4. The lowest BCUT2D eigenvalue weighted by atomic mass is 10.0. The third-order valence-corrected chi connectivity index (χ3v) is 4.32. The number of aliphatic imine (C=N–C) groups is 1. The molecule has 1 aliphatic heterocycles. The minimum Gasteiger partial charge on any atom is -0.244 e. The van der Waals surface area contributed by atoms with Crippen molar-refractivity contribution in [3.63, 3.8) is 0 Å². The molecule has 1 aliphatic rings. The summed E-state index contributed by atoms with van der Waals surface area (Å²) in [5.74, 6) is 0.678. The predicted octanol–water partition coefficient (Wildman–Crippen LogP) is 4.11. The fourth-order valence-corrected chi connectivity index (χ4v) is 3.24. The molecule has 0 atom stereocenters. The van der Waals surface area contributed by atoms with Crippen LogP contribution in [-0.2, 0) is 0 Å². The van der Waals surface area contributed by atoms with Gasteiger partial charge in [-0.15, -0.1) is 0 Å². The molecule has 100 valence electrons. The normalized spacial score (nSPS) is 12.9. The number of benzene rings is 2. The Morgan fingerprint density at radius 1 is 0.762 bits per heavy atom. The molecule has 0 saturated carbocycles. The summed E-state index contributed by atoms with van der Waals surface area (Å²) in [4.78, 5) is 14.7. The van der Waals surface area contributed by atoms with Gasteiger partial charge in [0.2, 0.25) is 0 Å². The summed E-state index contributed by atoms with van der Waals surface area (Å²) in [6.07, 6.45) is 3.39. The zero-order valence-electron chi connectivity index (χ0n) is 11.1. The van der Waals surface area contributed by atoms with Crippen molar-refractivity contribution in [3.05, 3.63) is 78.1 Å². The zero-order chi connectivity index (χ0) is 14.1. The van der Waals surface area contributed by atoms with Crippen molar-refractivity contribution in [2.75, 3.05) is 0 Å². The molecule has 3 nitrogen and oxygen atoms in total. The van der Waals surface area contributed by atoms with Gasteiger partial charge >= 0.3 is 0 Å². The second-order valence-corrected chi connectivity index (χ2v) is 5.64. The van der Waals surface area contributed by atoms with Crippen molar-refractivity contribution in [3.8, 4) is 0 Å². The molecule has 4 heteroatoms. The summed E-state index contributed by atoms with van der Waals surface area (Å²) in [6, 6.07) is 18.5. The summed E-state index contributed by atoms with van der Waals surface area (Å²) >= 11 is 1.61. The van der Waals surface area contributed by atoms with Crippen LogP contribution in [0.3, 0.4) is 0 Å². The predicted molar refractivity (Wildman–Crippen MR) is 84.3 cm³/mol. The van der Waals surface area contributed by atoms with Gasteiger partial charge in [-0.1, -0.05) is 60.3 Å². The molecule has 0 N–H and O–H groups in total. The van der Waals surface area contributed by atoms with E-state index < -0.39 is 0 Å². The third kappa shape index (κ3) is 2.23. The van der Waals surface area contributed by atoms with E-state index in [4.69, 9.17) is 4.99 Å². The fourth-order valence-electron chi connectivity index (χ4n) is 2.30. The maximum absolute atomic E-state index is 4.77. The van der Waals surface area contributed by atoms with Crippen LogP contribution in [0.2, 0.25) is 0 Å². The Hall–Kier alpha value is -2.46. The van der Waals surface area contributed by atoms with Crippen LogP contribution in [0.15, 0.2) is 81.9 Å². The van der Waals surface area contributed by atoms with E-state index in [1.165, 1.54) is 0 Å². The highest BCUT2D eigenvalue weighted by molar-refractivity contribution is 7.99. The van der Waals surface area contributed by atoms with Crippen LogP contribution >= 0.6 is 11.8 Å². The molecule has 21 heavy (non-hydrogen) atoms. The molecule has 1 aromatic heterocycles. The Morgan fingerprint density at radius 2 is 1.52 bits per heavy atom. The Morgan fingerprint density at radius 3 is 2.43 bits per heavy atom. The third-order valence-electron chi connectivity index (χ3n) is 3.26. The summed E-state index contributed by atoms with van der Waals surface area (Å²) in [5.41, 5.74) is 3.15. The Bertz CT molecular complexity index is 828. The van der Waals surface area contributed by atoms with E-state index in [9.17, 15) is 0 Å². The van der Waals surface area contributed by atoms with Gasteiger partial charge in [-0.05, 0) is 6.07 Å². The second kappa shape index (κ2) is 5.14. The molecule has 0 bridgehead atoms. The quantitative estimate of drug-likeness (QED) is 0.529. The number of nitrogens with zero attached hydrogens (tertiary/aromatic N) is 3. The van der Waals surface area contributed by atoms with E-state index >= 15 is 0 Å². The van der Waals surface area contributed by atoms with Gasteiger partial charge in [0.1, 0.15) is 5.03 Å². The van der Waals surface area contributed by atoms with Gasteiger partial charge in [0.15, 0.2) is 5.82 Å². The standard InChI is InChI=1S/C17H11N3S/c1-2-6-12(7-3-1)15-13-8-4-5-9-14(13)21-17-16(20-15)18-10-11-19-17/h1-11H. The zero-order valence-corrected chi connectivity index (χ0v) is 11.9. The first kappa shape index (κ1) is 12.3. The number of rotatable bonds is 1. The molecule has 4 rings (SSSR count). The number of hydrogen-bond donors (Lipinski definition) is 0. The van der Waals surface area contributed by atoms with Crippen molar-refractivity contribution < 1.29 is 0 Å². The monoisotopic (exact) mass is 289 g/mol. The van der Waals surface area contributed by atoms with Crippen molar-refractivity contribution in [1.29, 1.82) is 0 Å². The molecular weight excluding hydrogens is 278 g/mol. The maximum Gasteiger partial charge on any atom is 0.185 e. The Kier molecular flexibility index (Phi) is 3.01. The highest BCUT2D eigenvalue weighted by atomic mass is 32.2. The van der Waals surface area contributed by atoms with Crippen LogP contribution in [0, 0.1) is 0 Å². The molecule has 0 aliphatic carbocycles. The summed E-state index contributed by atoms with van der Waals surface area (Å²) in [6.45, 7) is 0. The molecule has 0 spiro atoms. The van der Waals surface area contributed by atoms with Crippen molar-refractivity contribution in [1.82, 2.24) is 9.97 Å². The van der Waals surface area contributed by atoms with Crippen LogP contribution < -0.4 is 0 Å². The average Bonchev–Trinajstić information content (AvgIpc) is 2.72. The molecule has 0 unspecified atom stereocenters. The minimum absolute atomic E-state index is 0.678. The smallest absolute Gasteiger partial charge is 0.185 e. The van der Waals surface area contributed by atoms with E-state index in [1.807, 2.05) is 30.3 Å². The van der Waals surface area contributed by atoms with Crippen molar-refractivity contribution in [2.24, 2.45) is 4.99 Å². The van der Waals surface area contributed by atoms with Gasteiger partial charge in [0.05, 0.1) is 5.71 Å². The van der Waals surface area contributed by atoms with Crippen LogP contribution in [0.1, 0.15) is 11.1 Å². The highest BCUT2D eigenvalue weighted by Crippen LogP contribution is 2.38. The van der Waals surface area contributed by atoms with E-state index in [0.29, 0.717) is 5.82 Å². The first-order chi connectivity index (χ1) is 10.4. The van der Waals surface area contributed by atoms with Gasteiger partial charge < -0.3 is 0 Å². The van der Waals surface area contributed by atoms with Crippen molar-refractivity contribution >= 4 is 23.3 Å².